The fraction of sp³-hybridized carbons (Fsp3) is 0.0625. The van der Waals surface area contributed by atoms with Gasteiger partial charge >= 0.3 is 5.76 Å². The van der Waals surface area contributed by atoms with E-state index in [9.17, 15) is 14.4 Å². The van der Waals surface area contributed by atoms with Crippen LogP contribution >= 0.6 is 11.6 Å². The van der Waals surface area contributed by atoms with E-state index in [4.69, 9.17) is 16.0 Å². The Morgan fingerprint density at radius 1 is 1.04 bits per heavy atom. The maximum atomic E-state index is 12.0. The lowest BCUT2D eigenvalue weighted by atomic mass is 10.2. The first-order valence-electron chi connectivity index (χ1n) is 6.98. The van der Waals surface area contributed by atoms with Crippen molar-refractivity contribution in [3.05, 3.63) is 69.7 Å². The molecular weight excluding hydrogens is 334 g/mol. The van der Waals surface area contributed by atoms with Gasteiger partial charge in [0, 0.05) is 0 Å². The lowest BCUT2D eigenvalue weighted by Gasteiger charge is -2.08. The highest BCUT2D eigenvalue weighted by molar-refractivity contribution is 6.33. The first kappa shape index (κ1) is 15.8. The Morgan fingerprint density at radius 3 is 2.54 bits per heavy atom. The molecule has 0 aliphatic rings. The van der Waals surface area contributed by atoms with Gasteiger partial charge in [0.2, 0.25) is 0 Å². The molecule has 0 bridgehead atoms. The zero-order valence-electron chi connectivity index (χ0n) is 12.3. The van der Waals surface area contributed by atoms with Gasteiger partial charge in [-0.15, -0.1) is 0 Å². The van der Waals surface area contributed by atoms with E-state index in [1.807, 2.05) is 0 Å². The van der Waals surface area contributed by atoms with E-state index in [0.29, 0.717) is 11.1 Å². The number of rotatable bonds is 3. The van der Waals surface area contributed by atoms with Crippen molar-refractivity contribution in [2.45, 2.75) is 6.54 Å². The van der Waals surface area contributed by atoms with Crippen molar-refractivity contribution in [2.75, 3.05) is 0 Å². The Bertz CT molecular complexity index is 977. The van der Waals surface area contributed by atoms with Crippen molar-refractivity contribution in [2.24, 2.45) is 0 Å². The number of carbonyl (C=O) groups is 2. The zero-order valence-corrected chi connectivity index (χ0v) is 13.0. The predicted octanol–water partition coefficient (Wildman–Crippen LogP) is 1.71. The van der Waals surface area contributed by atoms with E-state index in [0.717, 1.165) is 0 Å². The van der Waals surface area contributed by atoms with Crippen LogP contribution in [0.25, 0.3) is 11.1 Å². The molecule has 0 aliphatic heterocycles. The number of nitrogens with one attached hydrogen (secondary N) is 2. The van der Waals surface area contributed by atoms with Crippen molar-refractivity contribution in [3.63, 3.8) is 0 Å². The lowest BCUT2D eigenvalue weighted by Crippen LogP contribution is -2.44. The number of benzene rings is 2. The van der Waals surface area contributed by atoms with Crippen molar-refractivity contribution >= 4 is 34.5 Å². The summed E-state index contributed by atoms with van der Waals surface area (Å²) in [5.74, 6) is -1.79. The van der Waals surface area contributed by atoms with Crippen LogP contribution in [-0.2, 0) is 11.3 Å². The number of aromatic nitrogens is 1. The molecule has 8 heteroatoms. The molecule has 0 radical (unpaired) electrons. The molecule has 1 aromatic heterocycles. The minimum atomic E-state index is -0.649. The molecule has 0 unspecified atom stereocenters. The molecule has 2 aromatic carbocycles. The standard InChI is InChI=1S/C16H12ClN3O4/c17-11-6-2-1-5-10(11)15(22)19-18-14(21)9-20-12-7-3-4-8-13(12)24-16(20)23/h1-8H,9H2,(H,18,21)(H,19,22). The van der Waals surface area contributed by atoms with Crippen LogP contribution in [0.15, 0.2) is 57.7 Å². The van der Waals surface area contributed by atoms with Gasteiger partial charge in [-0.25, -0.2) is 4.79 Å². The molecule has 2 N–H and O–H groups in total. The SMILES string of the molecule is O=C(Cn1c(=O)oc2ccccc21)NNC(=O)c1ccccc1Cl. The summed E-state index contributed by atoms with van der Waals surface area (Å²) in [6.45, 7) is -0.293. The molecule has 0 saturated heterocycles. The number of fused-ring (bicyclic) bond motifs is 1. The van der Waals surface area contributed by atoms with Gasteiger partial charge < -0.3 is 4.42 Å². The molecule has 3 aromatic rings. The molecule has 2 amide bonds. The van der Waals surface area contributed by atoms with Crippen LogP contribution in [0, 0.1) is 0 Å². The van der Waals surface area contributed by atoms with E-state index < -0.39 is 17.6 Å². The summed E-state index contributed by atoms with van der Waals surface area (Å²) in [4.78, 5) is 35.7. The molecule has 122 valence electrons. The summed E-state index contributed by atoms with van der Waals surface area (Å²) >= 11 is 5.90. The van der Waals surface area contributed by atoms with Crippen molar-refractivity contribution in [3.8, 4) is 0 Å². The second-order valence-corrected chi connectivity index (χ2v) is 5.31. The second kappa shape index (κ2) is 6.59. The van der Waals surface area contributed by atoms with Gasteiger partial charge in [0.15, 0.2) is 5.58 Å². The van der Waals surface area contributed by atoms with Crippen LogP contribution in [0.2, 0.25) is 5.02 Å². The fourth-order valence-corrected chi connectivity index (χ4v) is 2.41. The Hall–Kier alpha value is -3.06. The number of amides is 2. The summed E-state index contributed by atoms with van der Waals surface area (Å²) in [6, 6.07) is 13.2. The lowest BCUT2D eigenvalue weighted by molar-refractivity contribution is -0.122. The predicted molar refractivity (Wildman–Crippen MR) is 87.5 cm³/mol. The van der Waals surface area contributed by atoms with Crippen molar-refractivity contribution in [1.29, 1.82) is 0 Å². The highest BCUT2D eigenvalue weighted by Gasteiger charge is 2.14. The highest BCUT2D eigenvalue weighted by Crippen LogP contribution is 2.14. The highest BCUT2D eigenvalue weighted by atomic mass is 35.5. The maximum absolute atomic E-state index is 12.0. The summed E-state index contributed by atoms with van der Waals surface area (Å²) in [7, 11) is 0. The van der Waals surface area contributed by atoms with Crippen molar-refractivity contribution in [1.82, 2.24) is 15.4 Å². The van der Waals surface area contributed by atoms with E-state index in [1.165, 1.54) is 10.6 Å². The van der Waals surface area contributed by atoms with Gasteiger partial charge in [-0.05, 0) is 24.3 Å². The minimum absolute atomic E-state index is 0.227. The van der Waals surface area contributed by atoms with Gasteiger partial charge in [0.1, 0.15) is 6.54 Å². The van der Waals surface area contributed by atoms with Crippen LogP contribution in [0.3, 0.4) is 0 Å². The minimum Gasteiger partial charge on any atom is -0.408 e. The maximum Gasteiger partial charge on any atom is 0.420 e. The van der Waals surface area contributed by atoms with Crippen molar-refractivity contribution < 1.29 is 14.0 Å². The summed E-state index contributed by atoms with van der Waals surface area (Å²) < 4.78 is 6.21. The van der Waals surface area contributed by atoms with Gasteiger partial charge in [0.05, 0.1) is 16.1 Å². The third-order valence-corrected chi connectivity index (χ3v) is 3.64. The molecule has 24 heavy (non-hydrogen) atoms. The zero-order chi connectivity index (χ0) is 17.1. The average molecular weight is 346 g/mol. The van der Waals surface area contributed by atoms with Crippen LogP contribution in [0.1, 0.15) is 10.4 Å². The smallest absolute Gasteiger partial charge is 0.408 e. The quantitative estimate of drug-likeness (QED) is 0.707. The molecule has 0 fully saturated rings. The topological polar surface area (TPSA) is 93.3 Å². The largest absolute Gasteiger partial charge is 0.420 e. The second-order valence-electron chi connectivity index (χ2n) is 4.90. The Kier molecular flexibility index (Phi) is 4.35. The van der Waals surface area contributed by atoms with Gasteiger partial charge in [0.25, 0.3) is 11.8 Å². The van der Waals surface area contributed by atoms with E-state index in [2.05, 4.69) is 10.9 Å². The van der Waals surface area contributed by atoms with Gasteiger partial charge in [-0.3, -0.25) is 25.0 Å². The fourth-order valence-electron chi connectivity index (χ4n) is 2.19. The summed E-state index contributed by atoms with van der Waals surface area (Å²) in [5.41, 5.74) is 5.60. The number of hydrogen-bond acceptors (Lipinski definition) is 4. The molecule has 0 saturated carbocycles. The first-order chi connectivity index (χ1) is 11.6. The summed E-state index contributed by atoms with van der Waals surface area (Å²) in [6.07, 6.45) is 0. The molecule has 7 nitrogen and oxygen atoms in total. The molecule has 1 heterocycles. The Morgan fingerprint density at radius 2 is 1.75 bits per heavy atom. The molecule has 0 spiro atoms. The van der Waals surface area contributed by atoms with Crippen LogP contribution in [0.4, 0.5) is 0 Å². The third kappa shape index (κ3) is 3.16. The Balaban J connectivity index is 1.68. The van der Waals surface area contributed by atoms with Gasteiger partial charge in [-0.2, -0.15) is 0 Å². The van der Waals surface area contributed by atoms with Crippen LogP contribution < -0.4 is 16.6 Å². The normalized spacial score (nSPS) is 10.5. The number of hydrazine groups is 1. The van der Waals surface area contributed by atoms with Gasteiger partial charge in [-0.1, -0.05) is 35.9 Å². The molecule has 0 atom stereocenters. The van der Waals surface area contributed by atoms with Crippen LogP contribution in [-0.4, -0.2) is 16.4 Å². The number of nitrogens with zero attached hydrogens (tertiary/aromatic N) is 1. The molecule has 0 aliphatic carbocycles. The average Bonchev–Trinajstić information content (AvgIpc) is 2.89. The summed E-state index contributed by atoms with van der Waals surface area (Å²) in [5, 5.41) is 0.265. The number of carbonyl (C=O) groups excluding carboxylic acids is 2. The monoisotopic (exact) mass is 345 g/mol. The van der Waals surface area contributed by atoms with E-state index in [1.54, 1.807) is 42.5 Å². The molecule has 3 rings (SSSR count). The number of hydrogen-bond donors (Lipinski definition) is 2. The van der Waals surface area contributed by atoms with E-state index in [-0.39, 0.29) is 17.1 Å². The third-order valence-electron chi connectivity index (χ3n) is 3.31. The van der Waals surface area contributed by atoms with E-state index >= 15 is 0 Å². The molecular formula is C16H12ClN3O4. The number of para-hydroxylation sites is 2. The number of oxazole rings is 1. The number of halogens is 1. The Labute approximate surface area is 140 Å². The van der Waals surface area contributed by atoms with Crippen LogP contribution in [0.5, 0.6) is 0 Å². The first-order valence-corrected chi connectivity index (χ1v) is 7.36.